The molecule has 1 rings (SSSR count). The summed E-state index contributed by atoms with van der Waals surface area (Å²) in [6.45, 7) is 5.64. The zero-order valence-corrected chi connectivity index (χ0v) is 7.03. The summed E-state index contributed by atoms with van der Waals surface area (Å²) in [5.41, 5.74) is 0.623. The lowest BCUT2D eigenvalue weighted by atomic mass is 10.1. The summed E-state index contributed by atoms with van der Waals surface area (Å²) < 4.78 is 4.96. The Balaban J connectivity index is 2.76. The van der Waals surface area contributed by atoms with Gasteiger partial charge < -0.3 is 9.52 Å². The summed E-state index contributed by atoms with van der Waals surface area (Å²) in [6, 6.07) is 0. The minimum absolute atomic E-state index is 0.180. The first kappa shape index (κ1) is 8.27. The molecule has 0 saturated carbocycles. The summed E-state index contributed by atoms with van der Waals surface area (Å²) >= 11 is 0. The lowest BCUT2D eigenvalue weighted by molar-refractivity contribution is 0.122. The quantitative estimate of drug-likeness (QED) is 0.706. The molecule has 1 N–H and O–H groups in total. The molecule has 1 atom stereocenters. The minimum atomic E-state index is -0.507. The highest BCUT2D eigenvalue weighted by molar-refractivity contribution is 5.00. The van der Waals surface area contributed by atoms with Gasteiger partial charge in [0.1, 0.15) is 18.1 Å². The molecular formula is C8H13NO2. The van der Waals surface area contributed by atoms with Crippen LogP contribution < -0.4 is 0 Å². The van der Waals surface area contributed by atoms with Crippen molar-refractivity contribution in [1.29, 1.82) is 0 Å². The first-order valence-corrected chi connectivity index (χ1v) is 3.71. The first-order valence-electron chi connectivity index (χ1n) is 3.71. The van der Waals surface area contributed by atoms with E-state index in [1.807, 2.05) is 13.8 Å². The van der Waals surface area contributed by atoms with Crippen molar-refractivity contribution in [2.75, 3.05) is 0 Å². The summed E-state index contributed by atoms with van der Waals surface area (Å²) in [4.78, 5) is 4.02. The molecule has 1 unspecified atom stereocenters. The van der Waals surface area contributed by atoms with E-state index in [1.54, 1.807) is 6.92 Å². The van der Waals surface area contributed by atoms with Gasteiger partial charge in [0.05, 0.1) is 0 Å². The molecule has 0 bridgehead atoms. The van der Waals surface area contributed by atoms with Crippen LogP contribution in [0.5, 0.6) is 0 Å². The Morgan fingerprint density at radius 1 is 1.55 bits per heavy atom. The zero-order valence-electron chi connectivity index (χ0n) is 7.03. The number of aliphatic hydroxyl groups excluding tert-OH is 1. The Labute approximate surface area is 66.1 Å². The van der Waals surface area contributed by atoms with E-state index in [0.717, 1.165) is 0 Å². The second-order valence-corrected chi connectivity index (χ2v) is 2.98. The van der Waals surface area contributed by atoms with Gasteiger partial charge >= 0.3 is 0 Å². The average Bonchev–Trinajstić information content (AvgIpc) is 2.34. The Morgan fingerprint density at radius 3 is 2.55 bits per heavy atom. The monoisotopic (exact) mass is 155 g/mol. The Morgan fingerprint density at radius 2 is 2.18 bits per heavy atom. The van der Waals surface area contributed by atoms with Crippen molar-refractivity contribution in [3.63, 3.8) is 0 Å². The van der Waals surface area contributed by atoms with Crippen LogP contribution in [0.4, 0.5) is 0 Å². The number of aromatic nitrogens is 1. The van der Waals surface area contributed by atoms with Crippen LogP contribution in [0.1, 0.15) is 31.5 Å². The third kappa shape index (κ3) is 1.80. The fourth-order valence-electron chi connectivity index (χ4n) is 0.858. The van der Waals surface area contributed by atoms with Crippen molar-refractivity contribution < 1.29 is 9.52 Å². The van der Waals surface area contributed by atoms with Crippen molar-refractivity contribution >= 4 is 0 Å². The fraction of sp³-hybridized carbons (Fsp3) is 0.625. The SMILES string of the molecule is Cc1nc(C(O)C(C)C)co1. The van der Waals surface area contributed by atoms with E-state index in [-0.39, 0.29) is 5.92 Å². The fourth-order valence-corrected chi connectivity index (χ4v) is 0.858. The van der Waals surface area contributed by atoms with Gasteiger partial charge in [-0.15, -0.1) is 0 Å². The lowest BCUT2D eigenvalue weighted by Crippen LogP contribution is -2.05. The Hall–Kier alpha value is -0.830. The molecule has 0 aliphatic rings. The van der Waals surface area contributed by atoms with E-state index in [9.17, 15) is 5.11 Å². The molecule has 62 valence electrons. The van der Waals surface area contributed by atoms with Crippen LogP contribution in [0.15, 0.2) is 10.7 Å². The van der Waals surface area contributed by atoms with Crippen LogP contribution in [-0.4, -0.2) is 10.1 Å². The zero-order chi connectivity index (χ0) is 8.43. The molecule has 3 nitrogen and oxygen atoms in total. The van der Waals surface area contributed by atoms with Crippen LogP contribution in [0.3, 0.4) is 0 Å². The van der Waals surface area contributed by atoms with E-state index in [4.69, 9.17) is 4.42 Å². The van der Waals surface area contributed by atoms with Gasteiger partial charge in [0, 0.05) is 6.92 Å². The number of aliphatic hydroxyl groups is 1. The topological polar surface area (TPSA) is 46.3 Å². The van der Waals surface area contributed by atoms with Crippen LogP contribution in [-0.2, 0) is 0 Å². The molecule has 0 aromatic carbocycles. The van der Waals surface area contributed by atoms with E-state index < -0.39 is 6.10 Å². The average molecular weight is 155 g/mol. The molecule has 0 amide bonds. The summed E-state index contributed by atoms with van der Waals surface area (Å²) in [5, 5.41) is 9.49. The smallest absolute Gasteiger partial charge is 0.191 e. The minimum Gasteiger partial charge on any atom is -0.449 e. The summed E-state index contributed by atoms with van der Waals surface area (Å²) in [7, 11) is 0. The van der Waals surface area contributed by atoms with Crippen molar-refractivity contribution in [2.45, 2.75) is 26.9 Å². The molecule has 11 heavy (non-hydrogen) atoms. The lowest BCUT2D eigenvalue weighted by Gasteiger charge is -2.09. The third-order valence-electron chi connectivity index (χ3n) is 1.57. The van der Waals surface area contributed by atoms with Crippen LogP contribution in [0, 0.1) is 12.8 Å². The molecule has 0 aliphatic carbocycles. The van der Waals surface area contributed by atoms with Gasteiger partial charge in [-0.05, 0) is 5.92 Å². The predicted molar refractivity (Wildman–Crippen MR) is 41.0 cm³/mol. The molecule has 0 saturated heterocycles. The Kier molecular flexibility index (Phi) is 2.29. The van der Waals surface area contributed by atoms with Gasteiger partial charge in [-0.2, -0.15) is 0 Å². The Bertz CT molecular complexity index is 230. The van der Waals surface area contributed by atoms with Gasteiger partial charge in [0.25, 0.3) is 0 Å². The molecule has 0 fully saturated rings. The summed E-state index contributed by atoms with van der Waals surface area (Å²) in [6.07, 6.45) is 0.993. The third-order valence-corrected chi connectivity index (χ3v) is 1.57. The van der Waals surface area contributed by atoms with Gasteiger partial charge in [-0.1, -0.05) is 13.8 Å². The van der Waals surface area contributed by atoms with Gasteiger partial charge in [0.2, 0.25) is 0 Å². The molecule has 0 aliphatic heterocycles. The molecular weight excluding hydrogens is 142 g/mol. The number of aryl methyl sites for hydroxylation is 1. The molecule has 3 heteroatoms. The van der Waals surface area contributed by atoms with Gasteiger partial charge in [-0.3, -0.25) is 0 Å². The highest BCUT2D eigenvalue weighted by atomic mass is 16.3. The van der Waals surface area contributed by atoms with Gasteiger partial charge in [-0.25, -0.2) is 4.98 Å². The van der Waals surface area contributed by atoms with Crippen molar-refractivity contribution in [2.24, 2.45) is 5.92 Å². The van der Waals surface area contributed by atoms with E-state index >= 15 is 0 Å². The highest BCUT2D eigenvalue weighted by Gasteiger charge is 2.15. The second-order valence-electron chi connectivity index (χ2n) is 2.98. The van der Waals surface area contributed by atoms with E-state index in [0.29, 0.717) is 11.6 Å². The first-order chi connectivity index (χ1) is 5.11. The molecule has 1 heterocycles. The number of nitrogens with zero attached hydrogens (tertiary/aromatic N) is 1. The van der Waals surface area contributed by atoms with E-state index in [2.05, 4.69) is 4.98 Å². The second kappa shape index (κ2) is 3.05. The summed E-state index contributed by atoms with van der Waals surface area (Å²) in [5.74, 6) is 0.777. The number of hydrogen-bond donors (Lipinski definition) is 1. The maximum atomic E-state index is 9.49. The number of hydrogen-bond acceptors (Lipinski definition) is 3. The molecule has 0 spiro atoms. The normalized spacial score (nSPS) is 13.9. The molecule has 0 radical (unpaired) electrons. The predicted octanol–water partition coefficient (Wildman–Crippen LogP) is 1.67. The largest absolute Gasteiger partial charge is 0.449 e. The van der Waals surface area contributed by atoms with Crippen molar-refractivity contribution in [3.8, 4) is 0 Å². The standard InChI is InChI=1S/C8H13NO2/c1-5(2)8(10)7-4-11-6(3)9-7/h4-5,8,10H,1-3H3. The van der Waals surface area contributed by atoms with Crippen LogP contribution >= 0.6 is 0 Å². The molecule has 1 aromatic rings. The molecule has 1 aromatic heterocycles. The van der Waals surface area contributed by atoms with Crippen molar-refractivity contribution in [3.05, 3.63) is 17.8 Å². The number of oxazole rings is 1. The van der Waals surface area contributed by atoms with E-state index in [1.165, 1.54) is 6.26 Å². The van der Waals surface area contributed by atoms with Crippen molar-refractivity contribution in [1.82, 2.24) is 4.98 Å². The maximum absolute atomic E-state index is 9.49. The number of rotatable bonds is 2. The highest BCUT2D eigenvalue weighted by Crippen LogP contribution is 2.19. The maximum Gasteiger partial charge on any atom is 0.191 e. The van der Waals surface area contributed by atoms with Crippen LogP contribution in [0.25, 0.3) is 0 Å². The van der Waals surface area contributed by atoms with Gasteiger partial charge in [0.15, 0.2) is 5.89 Å². The van der Waals surface area contributed by atoms with Crippen LogP contribution in [0.2, 0.25) is 0 Å².